The molecule has 1 heteroatoms. The van der Waals surface area contributed by atoms with Gasteiger partial charge in [-0.05, 0) is 104 Å². The molecule has 0 bridgehead atoms. The molecule has 0 saturated heterocycles. The third kappa shape index (κ3) is 3.51. The van der Waals surface area contributed by atoms with Gasteiger partial charge in [0.15, 0.2) is 0 Å². The van der Waals surface area contributed by atoms with Crippen LogP contribution in [0.2, 0.25) is 0 Å². The summed E-state index contributed by atoms with van der Waals surface area (Å²) < 4.78 is 5.84. The molecule has 4 saturated carbocycles. The molecule has 0 N–H and O–H groups in total. The summed E-state index contributed by atoms with van der Waals surface area (Å²) in [7, 11) is 0. The van der Waals surface area contributed by atoms with Crippen LogP contribution in [-0.2, 0) is 4.74 Å². The molecule has 0 aromatic heterocycles. The summed E-state index contributed by atoms with van der Waals surface area (Å²) in [6.45, 7) is 8.50. The van der Waals surface area contributed by atoms with Crippen molar-refractivity contribution in [1.29, 1.82) is 0 Å². The fraction of sp³-hybridized carbons (Fsp3) is 0.923. The molecule has 0 spiro atoms. The Bertz CT molecular complexity index is 524. The van der Waals surface area contributed by atoms with Crippen molar-refractivity contribution < 1.29 is 4.74 Å². The number of unbranched alkanes of at least 4 members (excludes halogenated alkanes) is 2. The summed E-state index contributed by atoms with van der Waals surface area (Å²) in [5.41, 5.74) is 1.22. The van der Waals surface area contributed by atoms with Crippen molar-refractivity contribution in [3.05, 3.63) is 12.3 Å². The van der Waals surface area contributed by atoms with Gasteiger partial charge in [-0.15, -0.1) is 0 Å². The number of hydrogen-bond donors (Lipinski definition) is 0. The van der Waals surface area contributed by atoms with Crippen molar-refractivity contribution in [3.8, 4) is 0 Å². The standard InChI is InChI=1S/C26H44O/c1-4-5-8-18-27-19-15-21-11-13-23-22-12-10-20-9-6-7-16-25(20,2)24(22)14-17-26(21,23)3/h15,19-24H,4-14,16-18H2,1-3H3/t20?,21-,22+,23+,24+,25+,26-/m1/s1. The second kappa shape index (κ2) is 8.11. The third-order valence-corrected chi connectivity index (χ3v) is 9.93. The largest absolute Gasteiger partial charge is 0.502 e. The number of hydrogen-bond acceptors (Lipinski definition) is 1. The van der Waals surface area contributed by atoms with Crippen LogP contribution in [-0.4, -0.2) is 6.61 Å². The van der Waals surface area contributed by atoms with Crippen molar-refractivity contribution in [2.45, 2.75) is 104 Å². The average Bonchev–Trinajstić information content (AvgIpc) is 3.00. The zero-order valence-electron chi connectivity index (χ0n) is 18.3. The van der Waals surface area contributed by atoms with Crippen LogP contribution >= 0.6 is 0 Å². The Balaban J connectivity index is 1.41. The fourth-order valence-electron chi connectivity index (χ4n) is 8.31. The molecular formula is C26H44O. The number of rotatable bonds is 6. The predicted octanol–water partition coefficient (Wildman–Crippen LogP) is 7.76. The van der Waals surface area contributed by atoms with Gasteiger partial charge in [-0.25, -0.2) is 0 Å². The minimum Gasteiger partial charge on any atom is -0.502 e. The van der Waals surface area contributed by atoms with E-state index >= 15 is 0 Å². The molecule has 1 nitrogen and oxygen atoms in total. The first-order valence-corrected chi connectivity index (χ1v) is 12.4. The van der Waals surface area contributed by atoms with Crippen molar-refractivity contribution in [1.82, 2.24) is 0 Å². The second-order valence-corrected chi connectivity index (χ2v) is 11.0. The fourth-order valence-corrected chi connectivity index (χ4v) is 8.31. The summed E-state index contributed by atoms with van der Waals surface area (Å²) in [4.78, 5) is 0. The Morgan fingerprint density at radius 1 is 0.852 bits per heavy atom. The first-order valence-electron chi connectivity index (χ1n) is 12.4. The number of fused-ring (bicyclic) bond motifs is 5. The highest BCUT2D eigenvalue weighted by molar-refractivity contribution is 5.11. The van der Waals surface area contributed by atoms with E-state index in [9.17, 15) is 0 Å². The molecule has 0 aliphatic heterocycles. The zero-order valence-corrected chi connectivity index (χ0v) is 18.3. The van der Waals surface area contributed by atoms with Gasteiger partial charge in [0.25, 0.3) is 0 Å². The van der Waals surface area contributed by atoms with Crippen LogP contribution in [0.1, 0.15) is 104 Å². The molecule has 0 aromatic rings. The van der Waals surface area contributed by atoms with Gasteiger partial charge in [0.05, 0.1) is 12.9 Å². The average molecular weight is 373 g/mol. The van der Waals surface area contributed by atoms with E-state index in [4.69, 9.17) is 4.74 Å². The van der Waals surface area contributed by atoms with Crippen molar-refractivity contribution in [2.75, 3.05) is 6.61 Å². The highest BCUT2D eigenvalue weighted by Crippen LogP contribution is 2.67. The van der Waals surface area contributed by atoms with Gasteiger partial charge in [0.2, 0.25) is 0 Å². The Kier molecular flexibility index (Phi) is 5.96. The van der Waals surface area contributed by atoms with E-state index in [1.807, 2.05) is 0 Å². The quantitative estimate of drug-likeness (QED) is 0.342. The maximum Gasteiger partial charge on any atom is 0.0873 e. The topological polar surface area (TPSA) is 9.23 Å². The lowest BCUT2D eigenvalue weighted by Crippen LogP contribution is -2.52. The van der Waals surface area contributed by atoms with E-state index < -0.39 is 0 Å². The molecule has 27 heavy (non-hydrogen) atoms. The van der Waals surface area contributed by atoms with Gasteiger partial charge >= 0.3 is 0 Å². The monoisotopic (exact) mass is 372 g/mol. The van der Waals surface area contributed by atoms with Crippen LogP contribution in [0.15, 0.2) is 12.3 Å². The Morgan fingerprint density at radius 3 is 2.56 bits per heavy atom. The molecule has 154 valence electrons. The lowest BCUT2D eigenvalue weighted by atomic mass is 9.45. The molecule has 4 aliphatic carbocycles. The van der Waals surface area contributed by atoms with Gasteiger partial charge < -0.3 is 4.74 Å². The summed E-state index contributed by atoms with van der Waals surface area (Å²) in [6.07, 6.45) is 23.3. The molecule has 0 amide bonds. The van der Waals surface area contributed by atoms with Crippen molar-refractivity contribution in [3.63, 3.8) is 0 Å². The maximum atomic E-state index is 5.84. The van der Waals surface area contributed by atoms with E-state index in [2.05, 4.69) is 33.1 Å². The van der Waals surface area contributed by atoms with Crippen LogP contribution in [0.25, 0.3) is 0 Å². The van der Waals surface area contributed by atoms with E-state index in [1.165, 1.54) is 83.5 Å². The van der Waals surface area contributed by atoms with Crippen LogP contribution in [0.4, 0.5) is 0 Å². The molecular weight excluding hydrogens is 328 g/mol. The first-order chi connectivity index (χ1) is 13.1. The molecule has 4 fully saturated rings. The van der Waals surface area contributed by atoms with Crippen LogP contribution in [0, 0.1) is 40.4 Å². The molecule has 4 rings (SSSR count). The molecule has 0 radical (unpaired) electrons. The lowest BCUT2D eigenvalue weighted by Gasteiger charge is -2.60. The number of allylic oxidation sites excluding steroid dienone is 1. The molecule has 4 aliphatic rings. The van der Waals surface area contributed by atoms with Gasteiger partial charge in [-0.2, -0.15) is 0 Å². The van der Waals surface area contributed by atoms with E-state index in [0.29, 0.717) is 10.8 Å². The highest BCUT2D eigenvalue weighted by atomic mass is 16.5. The van der Waals surface area contributed by atoms with Gasteiger partial charge in [0, 0.05) is 0 Å². The van der Waals surface area contributed by atoms with Crippen LogP contribution < -0.4 is 0 Å². The van der Waals surface area contributed by atoms with Gasteiger partial charge in [0.1, 0.15) is 0 Å². The lowest BCUT2D eigenvalue weighted by molar-refractivity contribution is -0.107. The number of ether oxygens (including phenoxy) is 1. The van der Waals surface area contributed by atoms with Crippen molar-refractivity contribution in [2.24, 2.45) is 40.4 Å². The zero-order chi connectivity index (χ0) is 18.9. The Hall–Kier alpha value is -0.460. The maximum absolute atomic E-state index is 5.84. The van der Waals surface area contributed by atoms with E-state index in [1.54, 1.807) is 0 Å². The highest BCUT2D eigenvalue weighted by Gasteiger charge is 2.59. The minimum absolute atomic E-state index is 0.544. The van der Waals surface area contributed by atoms with E-state index in [0.717, 1.165) is 36.2 Å². The van der Waals surface area contributed by atoms with Gasteiger partial charge in [-0.3, -0.25) is 0 Å². The SMILES string of the molecule is CCCCCOC=C[C@H]1CC[C@H]2[C@@H]3CCC4CCCC[C@]4(C)[C@H]3CC[C@]12C. The first kappa shape index (κ1) is 19.8. The minimum atomic E-state index is 0.544. The normalized spacial score (nSPS) is 46.7. The molecule has 0 aromatic carbocycles. The summed E-state index contributed by atoms with van der Waals surface area (Å²) in [6, 6.07) is 0. The van der Waals surface area contributed by atoms with E-state index in [-0.39, 0.29) is 0 Å². The van der Waals surface area contributed by atoms with Crippen LogP contribution in [0.3, 0.4) is 0 Å². The van der Waals surface area contributed by atoms with Gasteiger partial charge in [-0.1, -0.05) is 46.5 Å². The molecule has 0 heterocycles. The molecule has 1 unspecified atom stereocenters. The summed E-state index contributed by atoms with van der Waals surface area (Å²) in [5.74, 6) is 4.83. The Morgan fingerprint density at radius 2 is 1.70 bits per heavy atom. The Labute approximate surface area is 168 Å². The predicted molar refractivity (Wildman–Crippen MR) is 114 cm³/mol. The van der Waals surface area contributed by atoms with Crippen LogP contribution in [0.5, 0.6) is 0 Å². The van der Waals surface area contributed by atoms with Crippen molar-refractivity contribution >= 4 is 0 Å². The summed E-state index contributed by atoms with van der Waals surface area (Å²) in [5, 5.41) is 0. The third-order valence-electron chi connectivity index (χ3n) is 9.93. The summed E-state index contributed by atoms with van der Waals surface area (Å²) >= 11 is 0. The second-order valence-electron chi connectivity index (χ2n) is 11.0. The molecule has 7 atom stereocenters. The smallest absolute Gasteiger partial charge is 0.0873 e.